The lowest BCUT2D eigenvalue weighted by Gasteiger charge is -2.09. The van der Waals surface area contributed by atoms with Crippen molar-refractivity contribution >= 4 is 47.0 Å². The molecular weight excluding hydrogens is 1040 g/mol. The zero-order valence-electron chi connectivity index (χ0n) is 44.7. The summed E-state index contributed by atoms with van der Waals surface area (Å²) in [5.74, 6) is 4.29. The molecule has 0 aromatic carbocycles. The standard InChI is InChI=1S/3C6H9N.C6H7N.3C5H7NO.4C5H7NS/c4*1-6-4-2-3-5-7-6;1-5-2-3-7-4-6-5;2*1-5-6-3-2-4-7-5;1-5-4-7-3-2-6-5;1-5-2-3-7-4-6-5;2*1-5-6-3-2-4-7-5/h3,5,7H,1-2,4H2;2,4,7H,1,3,5H2;2-3,7H,1,4-5H2;2-5,7H,1H2;2-3,6H,1,4H2;2,4,6H,1,3H2;3*2-3,6H,1,4H2;2,4,6H,1,3H2;2-3,6H,1,4H2. The van der Waals surface area contributed by atoms with E-state index in [1.54, 1.807) is 65.6 Å². The second-order valence-electron chi connectivity index (χ2n) is 15.5. The third-order valence-electron chi connectivity index (χ3n) is 8.86. The first-order valence-corrected chi connectivity index (χ1v) is 28.4. The van der Waals surface area contributed by atoms with E-state index >= 15 is 0 Å². The van der Waals surface area contributed by atoms with E-state index < -0.39 is 0 Å². The van der Waals surface area contributed by atoms with Crippen LogP contribution in [-0.2, 0) is 14.2 Å². The van der Waals surface area contributed by atoms with E-state index in [1.807, 2.05) is 89.8 Å². The van der Waals surface area contributed by atoms with Gasteiger partial charge in [0.2, 0.25) is 0 Å². The molecule has 0 radical (unpaired) electrons. The van der Waals surface area contributed by atoms with Gasteiger partial charge in [-0.2, -0.15) is 0 Å². The second-order valence-corrected chi connectivity index (χ2v) is 19.4. The molecule has 11 N–H and O–H groups in total. The highest BCUT2D eigenvalue weighted by atomic mass is 32.2. The minimum absolute atomic E-state index is 0.551. The minimum atomic E-state index is 0.551. The Bertz CT molecular complexity index is 1940. The molecule has 0 aliphatic carbocycles. The first-order chi connectivity index (χ1) is 37.3. The molecule has 0 atom stereocenters. The molecule has 0 aromatic heterocycles. The van der Waals surface area contributed by atoms with E-state index in [9.17, 15) is 0 Å². The molecule has 0 aromatic rings. The summed E-state index contributed by atoms with van der Waals surface area (Å²) in [5.41, 5.74) is 7.25. The van der Waals surface area contributed by atoms with Crippen molar-refractivity contribution in [3.8, 4) is 0 Å². The van der Waals surface area contributed by atoms with E-state index in [4.69, 9.17) is 14.2 Å². The number of dihydropyridines is 1. The van der Waals surface area contributed by atoms with Gasteiger partial charge in [-0.25, -0.2) is 0 Å². The average Bonchev–Trinajstić information content (AvgIpc) is 3.45. The van der Waals surface area contributed by atoms with E-state index in [2.05, 4.69) is 167 Å². The number of allylic oxidation sites excluding steroid dienone is 9. The zero-order valence-corrected chi connectivity index (χ0v) is 48.0. The topological polar surface area (TPSA) is 160 Å². The molecular formula is C59H83N11O3S4. The van der Waals surface area contributed by atoms with Crippen LogP contribution in [0.25, 0.3) is 0 Å². The fourth-order valence-electron chi connectivity index (χ4n) is 4.91. The zero-order chi connectivity index (χ0) is 56.2. The fourth-order valence-corrected chi connectivity index (χ4v) is 7.14. The van der Waals surface area contributed by atoms with Gasteiger partial charge in [0, 0.05) is 103 Å². The smallest absolute Gasteiger partial charge is 0.185 e. The molecule has 416 valence electrons. The predicted molar refractivity (Wildman–Crippen MR) is 341 cm³/mol. The van der Waals surface area contributed by atoms with Gasteiger partial charge >= 0.3 is 0 Å². The van der Waals surface area contributed by atoms with Crippen molar-refractivity contribution in [2.75, 3.05) is 56.9 Å². The van der Waals surface area contributed by atoms with Gasteiger partial charge in [-0.3, -0.25) is 0 Å². The molecule has 11 heterocycles. The van der Waals surface area contributed by atoms with Crippen molar-refractivity contribution in [2.45, 2.75) is 25.7 Å². The Morgan fingerprint density at radius 2 is 1.23 bits per heavy atom. The lowest BCUT2D eigenvalue weighted by Crippen LogP contribution is -2.16. The lowest BCUT2D eigenvalue weighted by atomic mass is 10.2. The Morgan fingerprint density at radius 1 is 0.468 bits per heavy atom. The molecule has 11 aliphatic rings. The van der Waals surface area contributed by atoms with Gasteiger partial charge in [-0.1, -0.05) is 114 Å². The maximum atomic E-state index is 4.89. The average molecular weight is 1120 g/mol. The Kier molecular flexibility index (Phi) is 42.4. The van der Waals surface area contributed by atoms with E-state index in [0.717, 1.165) is 119 Å². The molecule has 18 heteroatoms. The van der Waals surface area contributed by atoms with Crippen LogP contribution in [0.4, 0.5) is 0 Å². The van der Waals surface area contributed by atoms with E-state index in [1.165, 1.54) is 0 Å². The van der Waals surface area contributed by atoms with Crippen molar-refractivity contribution < 1.29 is 14.2 Å². The predicted octanol–water partition coefficient (Wildman–Crippen LogP) is 11.7. The van der Waals surface area contributed by atoms with Gasteiger partial charge in [-0.05, 0) is 104 Å². The third-order valence-corrected chi connectivity index (χ3v) is 11.9. The van der Waals surface area contributed by atoms with Crippen LogP contribution in [0.15, 0.2) is 279 Å². The summed E-state index contributed by atoms with van der Waals surface area (Å²) in [6.07, 6.45) is 44.9. The summed E-state index contributed by atoms with van der Waals surface area (Å²) in [4.78, 5) is 0. The quantitative estimate of drug-likeness (QED) is 0.104. The number of hydrogen-bond donors (Lipinski definition) is 11. The van der Waals surface area contributed by atoms with Gasteiger partial charge in [0.15, 0.2) is 18.5 Å². The largest absolute Gasteiger partial charge is 0.481 e. The highest BCUT2D eigenvalue weighted by Crippen LogP contribution is 2.14. The molecule has 0 spiro atoms. The molecule has 0 saturated carbocycles. The maximum absolute atomic E-state index is 4.89. The van der Waals surface area contributed by atoms with Crippen LogP contribution in [-0.4, -0.2) is 56.9 Å². The molecule has 14 nitrogen and oxygen atoms in total. The van der Waals surface area contributed by atoms with Gasteiger partial charge < -0.3 is 72.7 Å². The van der Waals surface area contributed by atoms with Crippen LogP contribution >= 0.6 is 47.0 Å². The van der Waals surface area contributed by atoms with E-state index in [0.29, 0.717) is 25.1 Å². The summed E-state index contributed by atoms with van der Waals surface area (Å²) in [6.45, 7) is 45.4. The minimum Gasteiger partial charge on any atom is -0.481 e. The van der Waals surface area contributed by atoms with Crippen molar-refractivity contribution in [2.24, 2.45) is 0 Å². The molecule has 77 heavy (non-hydrogen) atoms. The Balaban J connectivity index is 0.000000423. The first-order valence-electron chi connectivity index (χ1n) is 24.5. The van der Waals surface area contributed by atoms with E-state index in [-0.39, 0.29) is 0 Å². The molecule has 11 aliphatic heterocycles. The van der Waals surface area contributed by atoms with Crippen LogP contribution in [0.1, 0.15) is 25.7 Å². The second kappa shape index (κ2) is 48.3. The SMILES string of the molecule is C=C1C=CC=CN1.C=C1C=CCCN1.C=C1C=COCN1.C=C1C=CSCN1.C=C1CC=CCN1.C=C1CCC=CN1.C=C1CSC=CN1.C=C1NC=CCO1.C=C1NC=CCS1.C=C1NCC=CO1.C=C1NCC=CS1. The highest BCUT2D eigenvalue weighted by Gasteiger charge is 1.97. The van der Waals surface area contributed by atoms with Gasteiger partial charge in [0.05, 0.1) is 28.5 Å². The van der Waals surface area contributed by atoms with Crippen molar-refractivity contribution in [1.82, 2.24) is 58.5 Å². The molecule has 0 amide bonds. The molecule has 0 saturated heterocycles. The Morgan fingerprint density at radius 3 is 1.52 bits per heavy atom. The van der Waals surface area contributed by atoms with Crippen LogP contribution < -0.4 is 58.5 Å². The third kappa shape index (κ3) is 46.9. The number of thioether (sulfide) groups is 4. The van der Waals surface area contributed by atoms with Crippen LogP contribution in [0, 0.1) is 0 Å². The molecule has 0 fully saturated rings. The molecule has 0 bridgehead atoms. The molecule has 0 unspecified atom stereocenters. The van der Waals surface area contributed by atoms with Gasteiger partial charge in [-0.15, -0.1) is 35.3 Å². The maximum Gasteiger partial charge on any atom is 0.185 e. The summed E-state index contributed by atoms with van der Waals surface area (Å²) in [6, 6.07) is 0. The lowest BCUT2D eigenvalue weighted by molar-refractivity contribution is 0.222. The number of nitrogens with one attached hydrogen (secondary N) is 11. The van der Waals surface area contributed by atoms with Gasteiger partial charge in [0.1, 0.15) is 6.61 Å². The normalized spacial score (nSPS) is 18.6. The van der Waals surface area contributed by atoms with Gasteiger partial charge in [0.25, 0.3) is 0 Å². The fraction of sp³-hybridized carbons (Fsp3) is 0.220. The monoisotopic (exact) mass is 1120 g/mol. The van der Waals surface area contributed by atoms with Crippen LogP contribution in [0.3, 0.4) is 0 Å². The van der Waals surface area contributed by atoms with Crippen molar-refractivity contribution in [1.29, 1.82) is 0 Å². The van der Waals surface area contributed by atoms with Crippen molar-refractivity contribution in [3.05, 3.63) is 279 Å². The Labute approximate surface area is 478 Å². The van der Waals surface area contributed by atoms with Crippen LogP contribution in [0.2, 0.25) is 0 Å². The number of hydrogen-bond acceptors (Lipinski definition) is 18. The summed E-state index contributed by atoms with van der Waals surface area (Å²) < 4.78 is 14.5. The highest BCUT2D eigenvalue weighted by molar-refractivity contribution is 8.05. The summed E-state index contributed by atoms with van der Waals surface area (Å²) in [5, 5.41) is 40.9. The number of ether oxygens (including phenoxy) is 3. The first kappa shape index (κ1) is 67.6. The molecule has 11 rings (SSSR count). The van der Waals surface area contributed by atoms with Crippen molar-refractivity contribution in [3.63, 3.8) is 0 Å². The number of rotatable bonds is 0. The Hall–Kier alpha value is -7.38. The summed E-state index contributed by atoms with van der Waals surface area (Å²) >= 11 is 6.86. The summed E-state index contributed by atoms with van der Waals surface area (Å²) in [7, 11) is 0. The van der Waals surface area contributed by atoms with Crippen LogP contribution in [0.5, 0.6) is 0 Å².